The SMILES string of the molecule is CCCCOc1ccc(C(=O)Nc2c(Cl)cc(N)cc2OC)cc1. The average molecular weight is 349 g/mol. The Labute approximate surface area is 146 Å². The molecule has 5 nitrogen and oxygen atoms in total. The molecule has 0 aliphatic carbocycles. The first-order valence-electron chi connectivity index (χ1n) is 7.72. The van der Waals surface area contributed by atoms with Crippen LogP contribution in [0.3, 0.4) is 0 Å². The van der Waals surface area contributed by atoms with E-state index in [4.69, 9.17) is 26.8 Å². The van der Waals surface area contributed by atoms with E-state index < -0.39 is 0 Å². The molecule has 0 aliphatic rings. The number of hydrogen-bond donors (Lipinski definition) is 2. The van der Waals surface area contributed by atoms with E-state index in [9.17, 15) is 4.79 Å². The van der Waals surface area contributed by atoms with E-state index in [0.717, 1.165) is 18.6 Å². The fraction of sp³-hybridized carbons (Fsp3) is 0.278. The van der Waals surface area contributed by atoms with Crippen LogP contribution in [0, 0.1) is 0 Å². The molecule has 0 aliphatic heterocycles. The van der Waals surface area contributed by atoms with Crippen LogP contribution >= 0.6 is 11.6 Å². The van der Waals surface area contributed by atoms with Crippen molar-refractivity contribution in [1.29, 1.82) is 0 Å². The number of amides is 1. The minimum Gasteiger partial charge on any atom is -0.494 e. The molecule has 0 aromatic heterocycles. The van der Waals surface area contributed by atoms with Gasteiger partial charge < -0.3 is 20.5 Å². The first-order chi connectivity index (χ1) is 11.5. The highest BCUT2D eigenvalue weighted by Crippen LogP contribution is 2.35. The van der Waals surface area contributed by atoms with Gasteiger partial charge in [-0.15, -0.1) is 0 Å². The normalized spacial score (nSPS) is 10.3. The van der Waals surface area contributed by atoms with E-state index in [1.165, 1.54) is 7.11 Å². The fourth-order valence-corrected chi connectivity index (χ4v) is 2.37. The minimum absolute atomic E-state index is 0.292. The second kappa shape index (κ2) is 8.45. The van der Waals surface area contributed by atoms with E-state index in [1.807, 2.05) is 0 Å². The van der Waals surface area contributed by atoms with Crippen molar-refractivity contribution in [3.05, 3.63) is 47.0 Å². The summed E-state index contributed by atoms with van der Waals surface area (Å²) in [5.74, 6) is 0.857. The second-order valence-electron chi connectivity index (χ2n) is 5.26. The van der Waals surface area contributed by atoms with Crippen molar-refractivity contribution >= 4 is 28.9 Å². The molecule has 2 aromatic carbocycles. The molecule has 0 heterocycles. The van der Waals surface area contributed by atoms with Crippen LogP contribution in [-0.2, 0) is 0 Å². The number of ether oxygens (including phenoxy) is 2. The zero-order valence-electron chi connectivity index (χ0n) is 13.8. The quantitative estimate of drug-likeness (QED) is 0.576. The zero-order valence-corrected chi connectivity index (χ0v) is 14.5. The van der Waals surface area contributed by atoms with Gasteiger partial charge in [-0.25, -0.2) is 0 Å². The number of carbonyl (C=O) groups is 1. The molecule has 0 spiro atoms. The molecule has 0 saturated carbocycles. The molecule has 0 radical (unpaired) electrons. The second-order valence-corrected chi connectivity index (χ2v) is 5.67. The van der Waals surface area contributed by atoms with Gasteiger partial charge in [0.1, 0.15) is 17.2 Å². The molecule has 0 fully saturated rings. The van der Waals surface area contributed by atoms with Gasteiger partial charge in [0.15, 0.2) is 0 Å². The number of unbranched alkanes of at least 4 members (excludes halogenated alkanes) is 1. The van der Waals surface area contributed by atoms with Crippen LogP contribution in [0.2, 0.25) is 5.02 Å². The van der Waals surface area contributed by atoms with Crippen LogP contribution in [-0.4, -0.2) is 19.6 Å². The molecule has 6 heteroatoms. The van der Waals surface area contributed by atoms with Crippen LogP contribution < -0.4 is 20.5 Å². The first-order valence-corrected chi connectivity index (χ1v) is 8.10. The van der Waals surface area contributed by atoms with Crippen molar-refractivity contribution in [2.75, 3.05) is 24.8 Å². The van der Waals surface area contributed by atoms with Gasteiger partial charge in [0, 0.05) is 17.3 Å². The van der Waals surface area contributed by atoms with Crippen molar-refractivity contribution < 1.29 is 14.3 Å². The third kappa shape index (κ3) is 4.55. The van der Waals surface area contributed by atoms with Gasteiger partial charge in [0.25, 0.3) is 5.91 Å². The topological polar surface area (TPSA) is 73.6 Å². The summed E-state index contributed by atoms with van der Waals surface area (Å²) < 4.78 is 10.8. The Morgan fingerprint density at radius 1 is 1.25 bits per heavy atom. The third-order valence-electron chi connectivity index (χ3n) is 3.42. The maximum atomic E-state index is 12.4. The number of nitrogen functional groups attached to an aromatic ring is 1. The van der Waals surface area contributed by atoms with Crippen molar-refractivity contribution in [2.45, 2.75) is 19.8 Å². The highest BCUT2D eigenvalue weighted by molar-refractivity contribution is 6.34. The van der Waals surface area contributed by atoms with E-state index in [1.54, 1.807) is 36.4 Å². The van der Waals surface area contributed by atoms with Crippen molar-refractivity contribution in [2.24, 2.45) is 0 Å². The number of hydrogen-bond acceptors (Lipinski definition) is 4. The number of halogens is 1. The monoisotopic (exact) mass is 348 g/mol. The molecule has 128 valence electrons. The number of methoxy groups -OCH3 is 1. The highest BCUT2D eigenvalue weighted by atomic mass is 35.5. The Balaban J connectivity index is 2.10. The molecule has 1 amide bonds. The van der Waals surface area contributed by atoms with Gasteiger partial charge in [0.2, 0.25) is 0 Å². The molecule has 2 rings (SSSR count). The lowest BCUT2D eigenvalue weighted by atomic mass is 10.2. The number of nitrogens with two attached hydrogens (primary N) is 1. The maximum Gasteiger partial charge on any atom is 0.255 e. The number of rotatable bonds is 7. The molecular formula is C18H21ClN2O3. The first kappa shape index (κ1) is 17.9. The summed E-state index contributed by atoms with van der Waals surface area (Å²) in [6.45, 7) is 2.77. The molecule has 3 N–H and O–H groups in total. The maximum absolute atomic E-state index is 12.4. The molecule has 0 atom stereocenters. The largest absolute Gasteiger partial charge is 0.494 e. The Morgan fingerprint density at radius 2 is 1.96 bits per heavy atom. The van der Waals surface area contributed by atoms with Gasteiger partial charge >= 0.3 is 0 Å². The molecule has 0 bridgehead atoms. The Kier molecular flexibility index (Phi) is 6.32. The van der Waals surface area contributed by atoms with Crippen LogP contribution in [0.4, 0.5) is 11.4 Å². The summed E-state index contributed by atoms with van der Waals surface area (Å²) in [6.07, 6.45) is 2.07. The third-order valence-corrected chi connectivity index (χ3v) is 3.72. The minimum atomic E-state index is -0.292. The smallest absolute Gasteiger partial charge is 0.255 e. The lowest BCUT2D eigenvalue weighted by Crippen LogP contribution is -2.13. The number of benzene rings is 2. The standard InChI is InChI=1S/C18H21ClN2O3/c1-3-4-9-24-14-7-5-12(6-8-14)18(22)21-17-15(19)10-13(20)11-16(17)23-2/h5-8,10-11H,3-4,9,20H2,1-2H3,(H,21,22). The van der Waals surface area contributed by atoms with E-state index in [2.05, 4.69) is 12.2 Å². The van der Waals surface area contributed by atoms with E-state index in [-0.39, 0.29) is 5.91 Å². The van der Waals surface area contributed by atoms with Gasteiger partial charge in [-0.3, -0.25) is 4.79 Å². The molecule has 2 aromatic rings. The van der Waals surface area contributed by atoms with Crippen molar-refractivity contribution in [3.8, 4) is 11.5 Å². The summed E-state index contributed by atoms with van der Waals surface area (Å²) in [7, 11) is 1.49. The molecule has 24 heavy (non-hydrogen) atoms. The lowest BCUT2D eigenvalue weighted by molar-refractivity contribution is 0.102. The number of nitrogens with one attached hydrogen (secondary N) is 1. The van der Waals surface area contributed by atoms with E-state index in [0.29, 0.717) is 34.3 Å². The van der Waals surface area contributed by atoms with Gasteiger partial charge in [-0.05, 0) is 36.8 Å². The van der Waals surface area contributed by atoms with Crippen molar-refractivity contribution in [1.82, 2.24) is 0 Å². The predicted octanol–water partition coefficient (Wildman–Crippen LogP) is 4.36. The zero-order chi connectivity index (χ0) is 17.5. The van der Waals surface area contributed by atoms with Crippen LogP contribution in [0.1, 0.15) is 30.1 Å². The summed E-state index contributed by atoms with van der Waals surface area (Å²) in [6, 6.07) is 10.1. The van der Waals surface area contributed by atoms with Gasteiger partial charge in [0.05, 0.1) is 18.7 Å². The average Bonchev–Trinajstić information content (AvgIpc) is 2.57. The Hall–Kier alpha value is -2.40. The lowest BCUT2D eigenvalue weighted by Gasteiger charge is -2.13. The van der Waals surface area contributed by atoms with Crippen LogP contribution in [0.15, 0.2) is 36.4 Å². The molecule has 0 saturated heterocycles. The van der Waals surface area contributed by atoms with Crippen molar-refractivity contribution in [3.63, 3.8) is 0 Å². The summed E-state index contributed by atoms with van der Waals surface area (Å²) in [5, 5.41) is 3.07. The van der Waals surface area contributed by atoms with Gasteiger partial charge in [-0.2, -0.15) is 0 Å². The Morgan fingerprint density at radius 3 is 2.58 bits per heavy atom. The summed E-state index contributed by atoms with van der Waals surface area (Å²) in [5.41, 5.74) is 7.07. The fourth-order valence-electron chi connectivity index (χ4n) is 2.11. The number of carbonyl (C=O) groups excluding carboxylic acids is 1. The van der Waals surface area contributed by atoms with Crippen LogP contribution in [0.25, 0.3) is 0 Å². The summed E-state index contributed by atoms with van der Waals surface area (Å²) in [4.78, 5) is 12.4. The Bertz CT molecular complexity index is 702. The number of anilines is 2. The van der Waals surface area contributed by atoms with E-state index >= 15 is 0 Å². The van der Waals surface area contributed by atoms with Gasteiger partial charge in [-0.1, -0.05) is 24.9 Å². The highest BCUT2D eigenvalue weighted by Gasteiger charge is 2.14. The molecule has 0 unspecified atom stereocenters. The predicted molar refractivity (Wildman–Crippen MR) is 97.2 cm³/mol. The van der Waals surface area contributed by atoms with Crippen LogP contribution in [0.5, 0.6) is 11.5 Å². The molecular weight excluding hydrogens is 328 g/mol. The summed E-state index contributed by atoms with van der Waals surface area (Å²) >= 11 is 6.15.